The number of primary amides is 1. The molecular formula is C9H17N3O2. The Morgan fingerprint density at radius 1 is 1.50 bits per heavy atom. The number of nitrogens with one attached hydrogen (secondary N) is 2. The monoisotopic (exact) mass is 199 g/mol. The van der Waals surface area contributed by atoms with E-state index in [0.717, 1.165) is 0 Å². The first-order valence-corrected chi connectivity index (χ1v) is 4.32. The molecule has 0 aliphatic rings. The molecule has 0 aromatic rings. The summed E-state index contributed by atoms with van der Waals surface area (Å²) in [5.74, 6) is -0.828. The molecule has 0 unspecified atom stereocenters. The van der Waals surface area contributed by atoms with Crippen LogP contribution in [0, 0.1) is 0 Å². The van der Waals surface area contributed by atoms with Gasteiger partial charge in [0.15, 0.2) is 0 Å². The number of amides is 2. The lowest BCUT2D eigenvalue weighted by Crippen LogP contribution is -2.54. The van der Waals surface area contributed by atoms with Gasteiger partial charge < -0.3 is 16.4 Å². The minimum atomic E-state index is -1.01. The molecule has 0 atom stereocenters. The molecule has 5 nitrogen and oxygen atoms in total. The molecule has 0 fully saturated rings. The lowest BCUT2D eigenvalue weighted by molar-refractivity contribution is -0.129. The Kier molecular flexibility index (Phi) is 4.86. The predicted octanol–water partition coefficient (Wildman–Crippen LogP) is -0.858. The molecule has 0 saturated carbocycles. The van der Waals surface area contributed by atoms with E-state index in [1.165, 1.54) is 0 Å². The Bertz CT molecular complexity index is 236. The SMILES string of the molecule is C=CCNCC(=O)NC(C)(C)C(N)=O. The number of rotatable bonds is 6. The van der Waals surface area contributed by atoms with Crippen molar-refractivity contribution in [1.29, 1.82) is 0 Å². The van der Waals surface area contributed by atoms with Crippen LogP contribution in [0.1, 0.15) is 13.8 Å². The first-order chi connectivity index (χ1) is 6.40. The third-order valence-electron chi connectivity index (χ3n) is 1.64. The quantitative estimate of drug-likeness (QED) is 0.384. The van der Waals surface area contributed by atoms with Crippen LogP contribution in [0.3, 0.4) is 0 Å². The summed E-state index contributed by atoms with van der Waals surface area (Å²) in [7, 11) is 0. The van der Waals surface area contributed by atoms with Gasteiger partial charge in [0.1, 0.15) is 5.54 Å². The zero-order valence-corrected chi connectivity index (χ0v) is 8.59. The van der Waals surface area contributed by atoms with Crippen molar-refractivity contribution in [3.8, 4) is 0 Å². The number of carbonyl (C=O) groups is 2. The maximum absolute atomic E-state index is 11.2. The van der Waals surface area contributed by atoms with Gasteiger partial charge in [-0.15, -0.1) is 6.58 Å². The van der Waals surface area contributed by atoms with Gasteiger partial charge in [-0.3, -0.25) is 9.59 Å². The van der Waals surface area contributed by atoms with Gasteiger partial charge >= 0.3 is 0 Å². The largest absolute Gasteiger partial charge is 0.368 e. The van der Waals surface area contributed by atoms with E-state index in [0.29, 0.717) is 6.54 Å². The molecule has 0 aromatic carbocycles. The summed E-state index contributed by atoms with van der Waals surface area (Å²) in [6.45, 7) is 7.29. The lowest BCUT2D eigenvalue weighted by atomic mass is 10.1. The second-order valence-corrected chi connectivity index (χ2v) is 3.46. The van der Waals surface area contributed by atoms with Crippen LogP contribution in [0.25, 0.3) is 0 Å². The molecule has 5 heteroatoms. The highest BCUT2D eigenvalue weighted by Crippen LogP contribution is 1.98. The fourth-order valence-corrected chi connectivity index (χ4v) is 0.742. The van der Waals surface area contributed by atoms with E-state index in [1.54, 1.807) is 19.9 Å². The molecule has 2 amide bonds. The Balaban J connectivity index is 3.93. The second kappa shape index (κ2) is 5.39. The van der Waals surface area contributed by atoms with Gasteiger partial charge in [0.05, 0.1) is 6.54 Å². The summed E-state index contributed by atoms with van der Waals surface area (Å²) >= 11 is 0. The van der Waals surface area contributed by atoms with Crippen molar-refractivity contribution in [2.45, 2.75) is 19.4 Å². The van der Waals surface area contributed by atoms with Gasteiger partial charge in [-0.05, 0) is 13.8 Å². The summed E-state index contributed by atoms with van der Waals surface area (Å²) in [6, 6.07) is 0. The molecule has 80 valence electrons. The average Bonchev–Trinajstić information content (AvgIpc) is 2.03. The van der Waals surface area contributed by atoms with Crippen molar-refractivity contribution in [2.24, 2.45) is 5.73 Å². The molecule has 0 aromatic heterocycles. The van der Waals surface area contributed by atoms with E-state index in [1.807, 2.05) is 0 Å². The average molecular weight is 199 g/mol. The van der Waals surface area contributed by atoms with Crippen LogP contribution >= 0.6 is 0 Å². The number of hydrogen-bond acceptors (Lipinski definition) is 3. The Morgan fingerprint density at radius 3 is 2.50 bits per heavy atom. The molecule has 4 N–H and O–H groups in total. The van der Waals surface area contributed by atoms with Gasteiger partial charge in [-0.1, -0.05) is 6.08 Å². The highest BCUT2D eigenvalue weighted by molar-refractivity contribution is 5.90. The topological polar surface area (TPSA) is 84.2 Å². The van der Waals surface area contributed by atoms with Crippen LogP contribution < -0.4 is 16.4 Å². The summed E-state index contributed by atoms with van der Waals surface area (Å²) in [6.07, 6.45) is 1.65. The third kappa shape index (κ3) is 4.61. The number of hydrogen-bond donors (Lipinski definition) is 3. The van der Waals surface area contributed by atoms with E-state index in [4.69, 9.17) is 5.73 Å². The highest BCUT2D eigenvalue weighted by Gasteiger charge is 2.26. The van der Waals surface area contributed by atoms with Crippen molar-refractivity contribution in [1.82, 2.24) is 10.6 Å². The maximum Gasteiger partial charge on any atom is 0.242 e. The molecule has 0 saturated heterocycles. The summed E-state index contributed by atoms with van der Waals surface area (Å²) in [5, 5.41) is 5.32. The first-order valence-electron chi connectivity index (χ1n) is 4.32. The normalized spacial score (nSPS) is 10.7. The van der Waals surface area contributed by atoms with Gasteiger partial charge in [0, 0.05) is 6.54 Å². The molecular weight excluding hydrogens is 182 g/mol. The van der Waals surface area contributed by atoms with E-state index in [2.05, 4.69) is 17.2 Å². The highest BCUT2D eigenvalue weighted by atomic mass is 16.2. The molecule has 14 heavy (non-hydrogen) atoms. The number of nitrogens with two attached hydrogens (primary N) is 1. The Hall–Kier alpha value is -1.36. The van der Waals surface area contributed by atoms with E-state index in [-0.39, 0.29) is 12.5 Å². The van der Waals surface area contributed by atoms with Crippen molar-refractivity contribution in [3.05, 3.63) is 12.7 Å². The van der Waals surface area contributed by atoms with Gasteiger partial charge in [0.2, 0.25) is 11.8 Å². The zero-order chi connectivity index (χ0) is 11.2. The molecule has 0 bridgehead atoms. The molecule has 0 heterocycles. The predicted molar refractivity (Wildman–Crippen MR) is 54.5 cm³/mol. The van der Waals surface area contributed by atoms with E-state index < -0.39 is 11.4 Å². The standard InChI is InChI=1S/C9H17N3O2/c1-4-5-11-6-7(13)12-9(2,3)8(10)14/h4,11H,1,5-6H2,2-3H3,(H2,10,14)(H,12,13). The summed E-state index contributed by atoms with van der Waals surface area (Å²) < 4.78 is 0. The first kappa shape index (κ1) is 12.6. The Morgan fingerprint density at radius 2 is 2.07 bits per heavy atom. The lowest BCUT2D eigenvalue weighted by Gasteiger charge is -2.22. The molecule has 0 rings (SSSR count). The van der Waals surface area contributed by atoms with Crippen molar-refractivity contribution in [2.75, 3.05) is 13.1 Å². The summed E-state index contributed by atoms with van der Waals surface area (Å²) in [5.41, 5.74) is 4.08. The van der Waals surface area contributed by atoms with Crippen LogP contribution in [-0.4, -0.2) is 30.4 Å². The van der Waals surface area contributed by atoms with Crippen LogP contribution in [0.4, 0.5) is 0 Å². The molecule has 0 radical (unpaired) electrons. The zero-order valence-electron chi connectivity index (χ0n) is 8.59. The van der Waals surface area contributed by atoms with E-state index in [9.17, 15) is 9.59 Å². The number of carbonyl (C=O) groups excluding carboxylic acids is 2. The minimum absolute atomic E-state index is 0.142. The smallest absolute Gasteiger partial charge is 0.242 e. The van der Waals surface area contributed by atoms with Crippen molar-refractivity contribution in [3.63, 3.8) is 0 Å². The summed E-state index contributed by atoms with van der Waals surface area (Å²) in [4.78, 5) is 22.1. The van der Waals surface area contributed by atoms with Crippen molar-refractivity contribution < 1.29 is 9.59 Å². The second-order valence-electron chi connectivity index (χ2n) is 3.46. The molecule has 0 aliphatic carbocycles. The maximum atomic E-state index is 11.2. The van der Waals surface area contributed by atoms with Crippen molar-refractivity contribution >= 4 is 11.8 Å². The molecule has 0 aliphatic heterocycles. The fourth-order valence-electron chi connectivity index (χ4n) is 0.742. The van der Waals surface area contributed by atoms with Crippen LogP contribution in [-0.2, 0) is 9.59 Å². The third-order valence-corrected chi connectivity index (χ3v) is 1.64. The minimum Gasteiger partial charge on any atom is -0.368 e. The van der Waals surface area contributed by atoms with E-state index >= 15 is 0 Å². The fraction of sp³-hybridized carbons (Fsp3) is 0.556. The molecule has 0 spiro atoms. The Labute approximate surface area is 83.7 Å². The van der Waals surface area contributed by atoms with Gasteiger partial charge in [0.25, 0.3) is 0 Å². The van der Waals surface area contributed by atoms with Gasteiger partial charge in [-0.25, -0.2) is 0 Å². The van der Waals surface area contributed by atoms with Crippen LogP contribution in [0.2, 0.25) is 0 Å². The van der Waals surface area contributed by atoms with Gasteiger partial charge in [-0.2, -0.15) is 0 Å². The van der Waals surface area contributed by atoms with Crippen LogP contribution in [0.5, 0.6) is 0 Å². The van der Waals surface area contributed by atoms with Crippen LogP contribution in [0.15, 0.2) is 12.7 Å².